The lowest BCUT2D eigenvalue weighted by molar-refractivity contribution is -0.143. The summed E-state index contributed by atoms with van der Waals surface area (Å²) < 4.78 is 4.76. The van der Waals surface area contributed by atoms with Crippen LogP contribution in [0.25, 0.3) is 0 Å². The lowest BCUT2D eigenvalue weighted by Crippen LogP contribution is -2.15. The molecule has 0 amide bonds. The molecule has 0 spiro atoms. The second kappa shape index (κ2) is 1.99. The first-order valence-corrected chi connectivity index (χ1v) is 2.66. The summed E-state index contributed by atoms with van der Waals surface area (Å²) in [6, 6.07) is 0. The lowest BCUT2D eigenvalue weighted by atomic mass is 10.2. The van der Waals surface area contributed by atoms with Gasteiger partial charge in [-0.05, 0) is 6.92 Å². The minimum absolute atomic E-state index is 0.0764. The van der Waals surface area contributed by atoms with Crippen molar-refractivity contribution in [3.05, 3.63) is 12.2 Å². The minimum Gasteiger partial charge on any atom is -0.459 e. The molecule has 0 aromatic carbocycles. The van der Waals surface area contributed by atoms with E-state index in [2.05, 4.69) is 0 Å². The molecule has 0 fully saturated rings. The van der Waals surface area contributed by atoms with Crippen molar-refractivity contribution in [1.29, 1.82) is 0 Å². The van der Waals surface area contributed by atoms with Crippen LogP contribution in [0.2, 0.25) is 0 Å². The van der Waals surface area contributed by atoms with Crippen LogP contribution in [0, 0.1) is 0 Å². The molecule has 2 heteroatoms. The van der Waals surface area contributed by atoms with Crippen LogP contribution in [-0.4, -0.2) is 12.1 Å². The number of carbonyl (C=O) groups is 1. The molecule has 0 aromatic rings. The van der Waals surface area contributed by atoms with Crippen LogP contribution >= 0.6 is 0 Å². The number of rotatable bonds is 0. The highest BCUT2D eigenvalue weighted by molar-refractivity contribution is 5.82. The molecule has 0 saturated carbocycles. The second-order valence-electron chi connectivity index (χ2n) is 1.89. The van der Waals surface area contributed by atoms with Gasteiger partial charge in [0.2, 0.25) is 0 Å². The van der Waals surface area contributed by atoms with Gasteiger partial charge in [-0.2, -0.15) is 0 Å². The van der Waals surface area contributed by atoms with Gasteiger partial charge in [-0.15, -0.1) is 0 Å². The number of cyclic esters (lactones) is 1. The van der Waals surface area contributed by atoms with Crippen LogP contribution in [0.5, 0.6) is 0 Å². The molecule has 0 aromatic heterocycles. The summed E-state index contributed by atoms with van der Waals surface area (Å²) in [5.74, 6) is -0.219. The Balaban J connectivity index is 2.54. The molecule has 44 valence electrons. The predicted molar refractivity (Wildman–Crippen MR) is 29.3 cm³/mol. The molecule has 0 unspecified atom stereocenters. The van der Waals surface area contributed by atoms with Gasteiger partial charge >= 0.3 is 5.97 Å². The van der Waals surface area contributed by atoms with Crippen molar-refractivity contribution in [3.8, 4) is 0 Å². The fraction of sp³-hybridized carbons (Fsp3) is 0.500. The highest BCUT2D eigenvalue weighted by Crippen LogP contribution is 2.04. The van der Waals surface area contributed by atoms with Crippen molar-refractivity contribution in [2.45, 2.75) is 19.4 Å². The van der Waals surface area contributed by atoms with Gasteiger partial charge < -0.3 is 4.74 Å². The Morgan fingerprint density at radius 3 is 3.00 bits per heavy atom. The Morgan fingerprint density at radius 2 is 2.62 bits per heavy atom. The summed E-state index contributed by atoms with van der Waals surface area (Å²) in [5.41, 5.74) is 0. The van der Waals surface area contributed by atoms with Gasteiger partial charge in [0.05, 0.1) is 0 Å². The van der Waals surface area contributed by atoms with Gasteiger partial charge in [0, 0.05) is 12.5 Å². The third-order valence-electron chi connectivity index (χ3n) is 1.04. The van der Waals surface area contributed by atoms with E-state index in [4.69, 9.17) is 4.74 Å². The maximum Gasteiger partial charge on any atom is 0.330 e. The average Bonchev–Trinajstić information content (AvgIpc) is 1.64. The fourth-order valence-corrected chi connectivity index (χ4v) is 0.642. The summed E-state index contributed by atoms with van der Waals surface area (Å²) in [7, 11) is 0. The quantitative estimate of drug-likeness (QED) is 0.435. The fourth-order valence-electron chi connectivity index (χ4n) is 0.642. The first kappa shape index (κ1) is 5.35. The predicted octanol–water partition coefficient (Wildman–Crippen LogP) is 0.878. The highest BCUT2D eigenvalue weighted by Gasteiger charge is 2.08. The highest BCUT2D eigenvalue weighted by atomic mass is 16.5. The Morgan fingerprint density at radius 1 is 1.88 bits per heavy atom. The molecule has 1 aliphatic heterocycles. The van der Waals surface area contributed by atoms with Crippen LogP contribution in [0.3, 0.4) is 0 Å². The third-order valence-corrected chi connectivity index (χ3v) is 1.04. The van der Waals surface area contributed by atoms with E-state index in [1.807, 2.05) is 13.0 Å². The summed E-state index contributed by atoms with van der Waals surface area (Å²) >= 11 is 0. The summed E-state index contributed by atoms with van der Waals surface area (Å²) in [6.07, 6.45) is 4.22. The van der Waals surface area contributed by atoms with Gasteiger partial charge in [-0.1, -0.05) is 6.08 Å². The van der Waals surface area contributed by atoms with Crippen molar-refractivity contribution in [3.63, 3.8) is 0 Å². The van der Waals surface area contributed by atoms with Crippen LogP contribution in [0.15, 0.2) is 12.2 Å². The van der Waals surface area contributed by atoms with Crippen LogP contribution in [0.4, 0.5) is 0 Å². The summed E-state index contributed by atoms with van der Waals surface area (Å²) in [5, 5.41) is 0. The number of esters is 1. The summed E-state index contributed by atoms with van der Waals surface area (Å²) in [6.45, 7) is 1.88. The molecule has 1 heterocycles. The van der Waals surface area contributed by atoms with Gasteiger partial charge in [0.15, 0.2) is 0 Å². The van der Waals surface area contributed by atoms with Crippen molar-refractivity contribution >= 4 is 5.97 Å². The molecule has 0 bridgehead atoms. The van der Waals surface area contributed by atoms with E-state index >= 15 is 0 Å². The minimum atomic E-state index is -0.219. The maximum absolute atomic E-state index is 10.4. The van der Waals surface area contributed by atoms with E-state index in [1.54, 1.807) is 0 Å². The van der Waals surface area contributed by atoms with E-state index in [0.717, 1.165) is 6.42 Å². The van der Waals surface area contributed by atoms with Gasteiger partial charge in [-0.3, -0.25) is 0 Å². The molecule has 1 atom stereocenters. The number of ether oxygens (including phenoxy) is 1. The maximum atomic E-state index is 10.4. The molecule has 0 saturated heterocycles. The molecule has 2 nitrogen and oxygen atoms in total. The van der Waals surface area contributed by atoms with Crippen molar-refractivity contribution in [1.82, 2.24) is 0 Å². The zero-order valence-electron chi connectivity index (χ0n) is 4.76. The zero-order valence-corrected chi connectivity index (χ0v) is 4.76. The molecule has 0 aliphatic carbocycles. The molecule has 1 aliphatic rings. The first-order chi connectivity index (χ1) is 3.79. The Labute approximate surface area is 48.1 Å². The lowest BCUT2D eigenvalue weighted by Gasteiger charge is -2.12. The third kappa shape index (κ3) is 1.09. The van der Waals surface area contributed by atoms with Gasteiger partial charge in [0.25, 0.3) is 0 Å². The van der Waals surface area contributed by atoms with Crippen LogP contribution in [-0.2, 0) is 9.53 Å². The average molecular weight is 112 g/mol. The molecule has 0 N–H and O–H groups in total. The normalized spacial score (nSPS) is 27.6. The largest absolute Gasteiger partial charge is 0.459 e. The van der Waals surface area contributed by atoms with Crippen molar-refractivity contribution < 1.29 is 9.53 Å². The van der Waals surface area contributed by atoms with E-state index < -0.39 is 0 Å². The number of hydrogen-bond donors (Lipinski definition) is 0. The number of hydrogen-bond acceptors (Lipinski definition) is 2. The number of carbonyl (C=O) groups excluding carboxylic acids is 1. The Kier molecular flexibility index (Phi) is 1.33. The van der Waals surface area contributed by atoms with E-state index in [9.17, 15) is 4.79 Å². The zero-order chi connectivity index (χ0) is 5.98. The SMILES string of the molecule is C[C@@H]1CC=CC(=O)O1. The summed E-state index contributed by atoms with van der Waals surface area (Å²) in [4.78, 5) is 10.4. The molecule has 8 heavy (non-hydrogen) atoms. The Bertz CT molecular complexity index is 126. The topological polar surface area (TPSA) is 26.3 Å². The smallest absolute Gasteiger partial charge is 0.330 e. The Hall–Kier alpha value is -0.790. The monoisotopic (exact) mass is 112 g/mol. The van der Waals surface area contributed by atoms with E-state index in [-0.39, 0.29) is 12.1 Å². The second-order valence-corrected chi connectivity index (χ2v) is 1.89. The van der Waals surface area contributed by atoms with Crippen LogP contribution < -0.4 is 0 Å². The van der Waals surface area contributed by atoms with Gasteiger partial charge in [0.1, 0.15) is 6.10 Å². The molecular formula is C6H8O2. The van der Waals surface area contributed by atoms with E-state index in [1.165, 1.54) is 6.08 Å². The van der Waals surface area contributed by atoms with E-state index in [0.29, 0.717) is 0 Å². The first-order valence-electron chi connectivity index (χ1n) is 2.66. The van der Waals surface area contributed by atoms with Crippen LogP contribution in [0.1, 0.15) is 13.3 Å². The van der Waals surface area contributed by atoms with Crippen molar-refractivity contribution in [2.75, 3.05) is 0 Å². The standard InChI is InChI=1S/C6H8O2/c1-5-3-2-4-6(7)8-5/h2,4-5H,3H2,1H3/t5-/m1/s1. The molecule has 0 radical (unpaired) electrons. The van der Waals surface area contributed by atoms with Crippen molar-refractivity contribution in [2.24, 2.45) is 0 Å². The molecule has 1 rings (SSSR count). The molecular weight excluding hydrogens is 104 g/mol. The van der Waals surface area contributed by atoms with Gasteiger partial charge in [-0.25, -0.2) is 4.79 Å².